The van der Waals surface area contributed by atoms with Gasteiger partial charge in [-0.3, -0.25) is 0 Å². The van der Waals surface area contributed by atoms with Crippen LogP contribution < -0.4 is 5.73 Å². The second kappa shape index (κ2) is 8.03. The molecule has 116 valence electrons. The first kappa shape index (κ1) is 15.8. The van der Waals surface area contributed by atoms with Gasteiger partial charge in [-0.2, -0.15) is 0 Å². The summed E-state index contributed by atoms with van der Waals surface area (Å²) in [5, 5.41) is 0. The van der Waals surface area contributed by atoms with Gasteiger partial charge in [-0.1, -0.05) is 31.2 Å². The van der Waals surface area contributed by atoms with E-state index in [4.69, 9.17) is 5.73 Å². The third kappa shape index (κ3) is 5.05. The number of hydrogen-bond donors (Lipinski definition) is 1. The van der Waals surface area contributed by atoms with E-state index in [-0.39, 0.29) is 0 Å². The summed E-state index contributed by atoms with van der Waals surface area (Å²) in [5.74, 6) is 0.700. The van der Waals surface area contributed by atoms with Crippen LogP contribution in [0.1, 0.15) is 37.3 Å². The van der Waals surface area contributed by atoms with E-state index in [0.29, 0.717) is 12.5 Å². The van der Waals surface area contributed by atoms with Crippen LogP contribution in [0.25, 0.3) is 0 Å². The molecule has 0 spiro atoms. The molecule has 21 heavy (non-hydrogen) atoms. The summed E-state index contributed by atoms with van der Waals surface area (Å²) in [6.45, 7) is 6.99. The van der Waals surface area contributed by atoms with E-state index in [9.17, 15) is 0 Å². The summed E-state index contributed by atoms with van der Waals surface area (Å²) >= 11 is 0. The number of guanidine groups is 1. The molecule has 0 amide bonds. The quantitative estimate of drug-likeness (QED) is 0.668. The first-order valence-corrected chi connectivity index (χ1v) is 8.00. The zero-order valence-corrected chi connectivity index (χ0v) is 13.4. The third-order valence-electron chi connectivity index (χ3n) is 4.09. The number of nitrogens with two attached hydrogens (primary N) is 1. The van der Waals surface area contributed by atoms with E-state index in [1.54, 1.807) is 0 Å². The SMILES string of the molecule is CCN(C)Cc1cccc(CN=C(N)N2CCCCC2)c1. The largest absolute Gasteiger partial charge is 0.370 e. The average Bonchev–Trinajstić information content (AvgIpc) is 2.53. The van der Waals surface area contributed by atoms with E-state index < -0.39 is 0 Å². The number of likely N-dealkylation sites (tertiary alicyclic amines) is 1. The summed E-state index contributed by atoms with van der Waals surface area (Å²) in [6, 6.07) is 8.65. The number of nitrogens with zero attached hydrogens (tertiary/aromatic N) is 3. The minimum absolute atomic E-state index is 0.673. The molecule has 1 aromatic rings. The standard InChI is InChI=1S/C17H28N4/c1-3-20(2)14-16-9-7-8-15(12-16)13-19-17(18)21-10-5-4-6-11-21/h7-9,12H,3-6,10-11,13-14H2,1-2H3,(H2,18,19). The normalized spacial score (nSPS) is 16.5. The molecule has 1 aliphatic heterocycles. The van der Waals surface area contributed by atoms with Crippen molar-refractivity contribution in [2.45, 2.75) is 39.3 Å². The summed E-state index contributed by atoms with van der Waals surface area (Å²) in [6.07, 6.45) is 3.78. The lowest BCUT2D eigenvalue weighted by atomic mass is 10.1. The topological polar surface area (TPSA) is 44.9 Å². The van der Waals surface area contributed by atoms with Crippen molar-refractivity contribution in [1.29, 1.82) is 0 Å². The maximum absolute atomic E-state index is 6.10. The molecule has 0 aliphatic carbocycles. The van der Waals surface area contributed by atoms with Crippen molar-refractivity contribution in [3.63, 3.8) is 0 Å². The second-order valence-corrected chi connectivity index (χ2v) is 5.87. The molecule has 4 nitrogen and oxygen atoms in total. The highest BCUT2D eigenvalue weighted by atomic mass is 15.2. The number of rotatable bonds is 5. The number of benzene rings is 1. The van der Waals surface area contributed by atoms with E-state index in [0.717, 1.165) is 26.2 Å². The molecule has 0 saturated carbocycles. The Morgan fingerprint density at radius 1 is 1.24 bits per heavy atom. The number of hydrogen-bond acceptors (Lipinski definition) is 2. The van der Waals surface area contributed by atoms with Gasteiger partial charge in [0.2, 0.25) is 0 Å². The first-order chi connectivity index (χ1) is 10.2. The summed E-state index contributed by atoms with van der Waals surface area (Å²) in [4.78, 5) is 9.07. The van der Waals surface area contributed by atoms with Crippen LogP contribution >= 0.6 is 0 Å². The fourth-order valence-electron chi connectivity index (χ4n) is 2.65. The van der Waals surface area contributed by atoms with Crippen molar-refractivity contribution in [2.24, 2.45) is 10.7 Å². The van der Waals surface area contributed by atoms with Gasteiger partial charge in [0.1, 0.15) is 0 Å². The van der Waals surface area contributed by atoms with Crippen LogP contribution in [0.4, 0.5) is 0 Å². The van der Waals surface area contributed by atoms with E-state index in [1.165, 1.54) is 30.4 Å². The van der Waals surface area contributed by atoms with Gasteiger partial charge < -0.3 is 15.5 Å². The molecule has 0 atom stereocenters. The van der Waals surface area contributed by atoms with Crippen LogP contribution in [0.5, 0.6) is 0 Å². The summed E-state index contributed by atoms with van der Waals surface area (Å²) < 4.78 is 0. The smallest absolute Gasteiger partial charge is 0.191 e. The molecule has 1 aromatic carbocycles. The van der Waals surface area contributed by atoms with Gasteiger partial charge in [0.05, 0.1) is 6.54 Å². The zero-order valence-electron chi connectivity index (χ0n) is 13.4. The minimum Gasteiger partial charge on any atom is -0.370 e. The van der Waals surface area contributed by atoms with Gasteiger partial charge in [-0.15, -0.1) is 0 Å². The molecule has 1 saturated heterocycles. The number of piperidine rings is 1. The second-order valence-electron chi connectivity index (χ2n) is 5.87. The van der Waals surface area contributed by atoms with Crippen LogP contribution in [-0.2, 0) is 13.1 Å². The Balaban J connectivity index is 1.94. The molecule has 0 radical (unpaired) electrons. The first-order valence-electron chi connectivity index (χ1n) is 8.00. The lowest BCUT2D eigenvalue weighted by molar-refractivity contribution is 0.338. The van der Waals surface area contributed by atoms with Crippen LogP contribution in [0.2, 0.25) is 0 Å². The molecule has 1 heterocycles. The monoisotopic (exact) mass is 288 g/mol. The van der Waals surface area contributed by atoms with Gasteiger partial charge in [-0.25, -0.2) is 4.99 Å². The van der Waals surface area contributed by atoms with Crippen molar-refractivity contribution < 1.29 is 0 Å². The molecule has 0 bridgehead atoms. The molecule has 1 fully saturated rings. The summed E-state index contributed by atoms with van der Waals surface area (Å²) in [7, 11) is 2.14. The Morgan fingerprint density at radius 3 is 2.67 bits per heavy atom. The fourth-order valence-corrected chi connectivity index (χ4v) is 2.65. The van der Waals surface area contributed by atoms with Crippen molar-refractivity contribution in [1.82, 2.24) is 9.80 Å². The van der Waals surface area contributed by atoms with Crippen LogP contribution in [0.15, 0.2) is 29.3 Å². The Hall–Kier alpha value is -1.55. The lowest BCUT2D eigenvalue weighted by Gasteiger charge is -2.27. The Morgan fingerprint density at radius 2 is 1.95 bits per heavy atom. The molecule has 2 rings (SSSR count). The Kier molecular flexibility index (Phi) is 6.05. The van der Waals surface area contributed by atoms with E-state index in [1.807, 2.05) is 0 Å². The highest BCUT2D eigenvalue weighted by Gasteiger charge is 2.11. The molecule has 4 heteroatoms. The van der Waals surface area contributed by atoms with Crippen molar-refractivity contribution >= 4 is 5.96 Å². The predicted octanol–water partition coefficient (Wildman–Crippen LogP) is 2.44. The van der Waals surface area contributed by atoms with Gasteiger partial charge in [0.25, 0.3) is 0 Å². The van der Waals surface area contributed by atoms with Gasteiger partial charge in [0, 0.05) is 19.6 Å². The van der Waals surface area contributed by atoms with E-state index in [2.05, 4.69) is 53.0 Å². The molecular formula is C17H28N4. The Bertz CT molecular complexity index is 464. The molecular weight excluding hydrogens is 260 g/mol. The zero-order chi connectivity index (χ0) is 15.1. The van der Waals surface area contributed by atoms with Crippen molar-refractivity contribution in [3.05, 3.63) is 35.4 Å². The highest BCUT2D eigenvalue weighted by molar-refractivity contribution is 5.78. The van der Waals surface area contributed by atoms with Gasteiger partial charge >= 0.3 is 0 Å². The summed E-state index contributed by atoms with van der Waals surface area (Å²) in [5.41, 5.74) is 8.67. The molecule has 0 aromatic heterocycles. The minimum atomic E-state index is 0.673. The molecule has 0 unspecified atom stereocenters. The van der Waals surface area contributed by atoms with Crippen molar-refractivity contribution in [2.75, 3.05) is 26.7 Å². The van der Waals surface area contributed by atoms with Gasteiger partial charge in [0.15, 0.2) is 5.96 Å². The average molecular weight is 288 g/mol. The fraction of sp³-hybridized carbons (Fsp3) is 0.588. The van der Waals surface area contributed by atoms with Crippen molar-refractivity contribution in [3.8, 4) is 0 Å². The predicted molar refractivity (Wildman–Crippen MR) is 89.2 cm³/mol. The highest BCUT2D eigenvalue weighted by Crippen LogP contribution is 2.11. The lowest BCUT2D eigenvalue weighted by Crippen LogP contribution is -2.40. The molecule has 2 N–H and O–H groups in total. The van der Waals surface area contributed by atoms with Gasteiger partial charge in [-0.05, 0) is 44.0 Å². The van der Waals surface area contributed by atoms with Crippen LogP contribution in [0, 0.1) is 0 Å². The number of aliphatic imine (C=N–C) groups is 1. The maximum Gasteiger partial charge on any atom is 0.191 e. The van der Waals surface area contributed by atoms with Crippen LogP contribution in [0.3, 0.4) is 0 Å². The van der Waals surface area contributed by atoms with E-state index >= 15 is 0 Å². The third-order valence-corrected chi connectivity index (χ3v) is 4.09. The Labute approximate surface area is 128 Å². The van der Waals surface area contributed by atoms with Crippen LogP contribution in [-0.4, -0.2) is 42.4 Å². The maximum atomic E-state index is 6.10. The molecule has 1 aliphatic rings.